The molecule has 0 spiro atoms. The second-order valence-corrected chi connectivity index (χ2v) is 4.79. The molecule has 0 heterocycles. The van der Waals surface area contributed by atoms with Crippen molar-refractivity contribution in [3.8, 4) is 0 Å². The van der Waals surface area contributed by atoms with Crippen molar-refractivity contribution in [3.05, 3.63) is 0 Å². The van der Waals surface area contributed by atoms with Gasteiger partial charge >= 0.3 is 12.1 Å². The van der Waals surface area contributed by atoms with E-state index in [1.54, 1.807) is 0 Å². The molecule has 1 N–H and O–H groups in total. The van der Waals surface area contributed by atoms with Crippen LogP contribution in [0.4, 0.5) is 4.79 Å². The lowest BCUT2D eigenvalue weighted by Gasteiger charge is -2.20. The normalized spacial score (nSPS) is 10.9. The number of rotatable bonds is 8. The summed E-state index contributed by atoms with van der Waals surface area (Å²) in [6.07, 6.45) is 2.09. The first-order chi connectivity index (χ1) is 8.44. The molecule has 0 aliphatic rings. The summed E-state index contributed by atoms with van der Waals surface area (Å²) in [5.74, 6) is -0.244. The zero-order valence-electron chi connectivity index (χ0n) is 11.9. The van der Waals surface area contributed by atoms with Crippen molar-refractivity contribution in [2.24, 2.45) is 5.41 Å². The molecule has 0 saturated heterocycles. The summed E-state index contributed by atoms with van der Waals surface area (Å²) in [7, 11) is 0. The predicted molar refractivity (Wildman–Crippen MR) is 69.3 cm³/mol. The third kappa shape index (κ3) is 7.14. The Hall–Kier alpha value is -1.26. The highest BCUT2D eigenvalue weighted by Gasteiger charge is 2.26. The number of alkyl carbamates (subject to hydrolysis) is 1. The summed E-state index contributed by atoms with van der Waals surface area (Å²) < 4.78 is 9.95. The molecule has 1 amide bonds. The second-order valence-electron chi connectivity index (χ2n) is 4.79. The first kappa shape index (κ1) is 16.7. The number of hydrogen-bond donors (Lipinski definition) is 1. The fourth-order valence-electron chi connectivity index (χ4n) is 0.997. The molecule has 5 nitrogen and oxygen atoms in total. The van der Waals surface area contributed by atoms with Gasteiger partial charge in [0.25, 0.3) is 0 Å². The molecular weight excluding hydrogens is 234 g/mol. The van der Waals surface area contributed by atoms with Gasteiger partial charge < -0.3 is 14.8 Å². The van der Waals surface area contributed by atoms with Crippen LogP contribution in [-0.4, -0.2) is 31.8 Å². The Bertz CT molecular complexity index is 264. The minimum atomic E-state index is -0.471. The van der Waals surface area contributed by atoms with Gasteiger partial charge in [0.2, 0.25) is 0 Å². The Morgan fingerprint density at radius 3 is 2.33 bits per heavy atom. The number of carbonyl (C=O) groups is 2. The number of unbranched alkanes of at least 4 members (excludes halogenated alkanes) is 1. The van der Waals surface area contributed by atoms with Crippen LogP contribution in [0, 0.1) is 5.41 Å². The van der Waals surface area contributed by atoms with Gasteiger partial charge in [-0.05, 0) is 26.7 Å². The molecule has 0 unspecified atom stereocenters. The van der Waals surface area contributed by atoms with Gasteiger partial charge in [0.15, 0.2) is 0 Å². The van der Waals surface area contributed by atoms with Crippen molar-refractivity contribution in [2.75, 3.05) is 19.8 Å². The summed E-state index contributed by atoms with van der Waals surface area (Å²) in [6, 6.07) is 0. The summed E-state index contributed by atoms with van der Waals surface area (Å²) in [4.78, 5) is 22.7. The highest BCUT2D eigenvalue weighted by Crippen LogP contribution is 2.21. The van der Waals surface area contributed by atoms with Crippen LogP contribution >= 0.6 is 0 Å². The average Bonchev–Trinajstić information content (AvgIpc) is 2.34. The van der Waals surface area contributed by atoms with E-state index in [-0.39, 0.29) is 19.1 Å². The maximum absolute atomic E-state index is 11.6. The van der Waals surface area contributed by atoms with Crippen LogP contribution in [0.3, 0.4) is 0 Å². The van der Waals surface area contributed by atoms with E-state index in [0.717, 1.165) is 19.3 Å². The lowest BCUT2D eigenvalue weighted by Crippen LogP contribution is -2.32. The minimum absolute atomic E-state index is 0.172. The minimum Gasteiger partial charge on any atom is -0.463 e. The zero-order chi connectivity index (χ0) is 14.0. The van der Waals surface area contributed by atoms with Crippen LogP contribution in [0.15, 0.2) is 0 Å². The van der Waals surface area contributed by atoms with E-state index in [1.807, 2.05) is 27.7 Å². The van der Waals surface area contributed by atoms with Crippen LogP contribution in [0.25, 0.3) is 0 Å². The first-order valence-corrected chi connectivity index (χ1v) is 6.52. The van der Waals surface area contributed by atoms with Gasteiger partial charge in [-0.1, -0.05) is 20.3 Å². The van der Waals surface area contributed by atoms with Crippen molar-refractivity contribution in [3.63, 3.8) is 0 Å². The summed E-state index contributed by atoms with van der Waals surface area (Å²) in [5.41, 5.74) is -0.471. The lowest BCUT2D eigenvalue weighted by atomic mass is 9.91. The molecule has 0 aromatic heterocycles. The molecule has 18 heavy (non-hydrogen) atoms. The van der Waals surface area contributed by atoms with E-state index < -0.39 is 11.5 Å². The van der Waals surface area contributed by atoms with Crippen molar-refractivity contribution < 1.29 is 19.1 Å². The van der Waals surface area contributed by atoms with Crippen LogP contribution < -0.4 is 5.32 Å². The van der Waals surface area contributed by atoms with E-state index in [0.29, 0.717) is 6.61 Å². The number of hydrogen-bond acceptors (Lipinski definition) is 4. The number of amides is 1. The van der Waals surface area contributed by atoms with E-state index in [2.05, 4.69) is 5.32 Å². The third-order valence-corrected chi connectivity index (χ3v) is 2.77. The monoisotopic (exact) mass is 259 g/mol. The fourth-order valence-corrected chi connectivity index (χ4v) is 0.997. The number of carbonyl (C=O) groups excluding carboxylic acids is 2. The smallest absolute Gasteiger partial charge is 0.407 e. The van der Waals surface area contributed by atoms with Crippen LogP contribution in [0.5, 0.6) is 0 Å². The SMILES string of the molecule is CCCCOC(=O)NCCOC(=O)C(C)(C)CC. The first-order valence-electron chi connectivity index (χ1n) is 6.52. The van der Waals surface area contributed by atoms with Crippen molar-refractivity contribution >= 4 is 12.1 Å². The van der Waals surface area contributed by atoms with Gasteiger partial charge in [-0.15, -0.1) is 0 Å². The van der Waals surface area contributed by atoms with Crippen molar-refractivity contribution in [1.29, 1.82) is 0 Å². The van der Waals surface area contributed by atoms with Crippen LogP contribution in [0.2, 0.25) is 0 Å². The standard InChI is InChI=1S/C13H25NO4/c1-5-7-9-18-12(16)14-8-10-17-11(15)13(3,4)6-2/h5-10H2,1-4H3,(H,14,16). The summed E-state index contributed by atoms with van der Waals surface area (Å²) in [6.45, 7) is 8.50. The predicted octanol–water partition coefficient (Wildman–Crippen LogP) is 2.49. The third-order valence-electron chi connectivity index (χ3n) is 2.77. The highest BCUT2D eigenvalue weighted by molar-refractivity contribution is 5.75. The quantitative estimate of drug-likeness (QED) is 0.537. The van der Waals surface area contributed by atoms with Gasteiger partial charge in [0.1, 0.15) is 6.61 Å². The highest BCUT2D eigenvalue weighted by atomic mass is 16.6. The van der Waals surface area contributed by atoms with Crippen molar-refractivity contribution in [1.82, 2.24) is 5.32 Å². The van der Waals surface area contributed by atoms with Gasteiger partial charge in [0.05, 0.1) is 18.6 Å². The molecule has 0 rings (SSSR count). The lowest BCUT2D eigenvalue weighted by molar-refractivity contribution is -0.153. The molecule has 0 bridgehead atoms. The molecular formula is C13H25NO4. The molecule has 0 aliphatic carbocycles. The van der Waals surface area contributed by atoms with E-state index in [9.17, 15) is 9.59 Å². The molecule has 0 aromatic rings. The molecule has 0 radical (unpaired) electrons. The van der Waals surface area contributed by atoms with Crippen LogP contribution in [0.1, 0.15) is 47.0 Å². The number of nitrogens with one attached hydrogen (secondary N) is 1. The van der Waals surface area contributed by atoms with Crippen LogP contribution in [-0.2, 0) is 14.3 Å². The molecule has 106 valence electrons. The Balaban J connectivity index is 3.62. The Morgan fingerprint density at radius 2 is 1.78 bits per heavy atom. The summed E-state index contributed by atoms with van der Waals surface area (Å²) in [5, 5.41) is 2.53. The van der Waals surface area contributed by atoms with E-state index in [1.165, 1.54) is 0 Å². The summed E-state index contributed by atoms with van der Waals surface area (Å²) >= 11 is 0. The zero-order valence-corrected chi connectivity index (χ0v) is 11.9. The topological polar surface area (TPSA) is 64.6 Å². The van der Waals surface area contributed by atoms with Gasteiger partial charge in [-0.25, -0.2) is 4.79 Å². The van der Waals surface area contributed by atoms with E-state index in [4.69, 9.17) is 9.47 Å². The Labute approximate surface area is 109 Å². The van der Waals surface area contributed by atoms with Crippen molar-refractivity contribution in [2.45, 2.75) is 47.0 Å². The maximum Gasteiger partial charge on any atom is 0.407 e. The van der Waals surface area contributed by atoms with Gasteiger partial charge in [-0.3, -0.25) is 4.79 Å². The molecule has 0 aliphatic heterocycles. The fraction of sp³-hybridized carbons (Fsp3) is 0.846. The van der Waals surface area contributed by atoms with Gasteiger partial charge in [0, 0.05) is 0 Å². The van der Waals surface area contributed by atoms with E-state index >= 15 is 0 Å². The number of ether oxygens (including phenoxy) is 2. The maximum atomic E-state index is 11.6. The Kier molecular flexibility index (Phi) is 8.16. The molecule has 5 heteroatoms. The largest absolute Gasteiger partial charge is 0.463 e. The Morgan fingerprint density at radius 1 is 1.11 bits per heavy atom. The molecule has 0 atom stereocenters. The van der Waals surface area contributed by atoms with Gasteiger partial charge in [-0.2, -0.15) is 0 Å². The molecule has 0 saturated carbocycles. The number of esters is 1. The molecule has 0 aromatic carbocycles. The molecule has 0 fully saturated rings. The second kappa shape index (κ2) is 8.78. The average molecular weight is 259 g/mol.